The summed E-state index contributed by atoms with van der Waals surface area (Å²) in [5.74, 6) is -2.05. The first-order valence-corrected chi connectivity index (χ1v) is 9.72. The van der Waals surface area contributed by atoms with E-state index in [9.17, 15) is 22.0 Å². The number of likely N-dealkylation sites (tertiary alicyclic amines) is 1. The van der Waals surface area contributed by atoms with Gasteiger partial charge < -0.3 is 4.90 Å². The number of nitrogens with one attached hydrogen (secondary N) is 1. The summed E-state index contributed by atoms with van der Waals surface area (Å²) in [6, 6.07) is 8.15. The number of piperidine rings is 1. The molecule has 0 aromatic heterocycles. The van der Waals surface area contributed by atoms with E-state index in [2.05, 4.69) is 4.72 Å². The van der Waals surface area contributed by atoms with Crippen molar-refractivity contribution in [3.63, 3.8) is 0 Å². The van der Waals surface area contributed by atoms with Crippen LogP contribution in [0.5, 0.6) is 0 Å². The van der Waals surface area contributed by atoms with E-state index < -0.39 is 21.7 Å². The molecular formula is C18H18F2N2O3S. The number of benzene rings is 2. The molecular weight excluding hydrogens is 362 g/mol. The molecule has 0 atom stereocenters. The number of sulfonamides is 1. The monoisotopic (exact) mass is 380 g/mol. The molecule has 26 heavy (non-hydrogen) atoms. The average Bonchev–Trinajstić information content (AvgIpc) is 2.64. The fraction of sp³-hybridized carbons (Fsp3) is 0.278. The summed E-state index contributed by atoms with van der Waals surface area (Å²) in [5, 5.41) is 0. The molecule has 1 heterocycles. The molecule has 0 bridgehead atoms. The molecule has 8 heteroatoms. The molecule has 1 amide bonds. The van der Waals surface area contributed by atoms with Gasteiger partial charge in [0.15, 0.2) is 0 Å². The van der Waals surface area contributed by atoms with E-state index in [4.69, 9.17) is 0 Å². The predicted octanol–water partition coefficient (Wildman–Crippen LogP) is 3.39. The summed E-state index contributed by atoms with van der Waals surface area (Å²) in [5.41, 5.74) is -0.103. The van der Waals surface area contributed by atoms with Crippen molar-refractivity contribution >= 4 is 21.6 Å². The third kappa shape index (κ3) is 4.01. The Bertz CT molecular complexity index is 926. The van der Waals surface area contributed by atoms with Gasteiger partial charge >= 0.3 is 0 Å². The highest BCUT2D eigenvalue weighted by molar-refractivity contribution is 7.92. The maximum atomic E-state index is 13.7. The van der Waals surface area contributed by atoms with Crippen molar-refractivity contribution in [1.82, 2.24) is 4.90 Å². The molecule has 0 saturated carbocycles. The van der Waals surface area contributed by atoms with Gasteiger partial charge in [0.2, 0.25) is 0 Å². The zero-order valence-corrected chi connectivity index (χ0v) is 14.7. The van der Waals surface area contributed by atoms with E-state index in [0.29, 0.717) is 19.2 Å². The maximum absolute atomic E-state index is 13.7. The van der Waals surface area contributed by atoms with Gasteiger partial charge in [-0.1, -0.05) is 6.07 Å². The predicted molar refractivity (Wildman–Crippen MR) is 93.4 cm³/mol. The Labute approximate surface area is 150 Å². The minimum absolute atomic E-state index is 0.163. The highest BCUT2D eigenvalue weighted by atomic mass is 32.2. The standard InChI is InChI=1S/C18H18F2N2O3S/c19-14-7-8-17(16(20)12-14)21-26(24,25)15-6-4-5-13(11-15)18(23)22-9-2-1-3-10-22/h4-8,11-12,21H,1-3,9-10H2. The highest BCUT2D eigenvalue weighted by Gasteiger charge is 2.22. The SMILES string of the molecule is O=C(c1cccc(S(=O)(=O)Nc2ccc(F)cc2F)c1)N1CCCCC1. The van der Waals surface area contributed by atoms with Gasteiger partial charge in [-0.25, -0.2) is 17.2 Å². The summed E-state index contributed by atoms with van der Waals surface area (Å²) in [6.07, 6.45) is 2.93. The summed E-state index contributed by atoms with van der Waals surface area (Å²) in [7, 11) is -4.12. The van der Waals surface area contributed by atoms with Crippen molar-refractivity contribution in [1.29, 1.82) is 0 Å². The molecule has 1 fully saturated rings. The Kier molecular flexibility index (Phi) is 5.22. The van der Waals surface area contributed by atoms with Gasteiger partial charge in [-0.3, -0.25) is 9.52 Å². The lowest BCUT2D eigenvalue weighted by Crippen LogP contribution is -2.35. The molecule has 1 aliphatic rings. The number of amides is 1. The lowest BCUT2D eigenvalue weighted by molar-refractivity contribution is 0.0724. The van der Waals surface area contributed by atoms with Crippen molar-refractivity contribution in [3.8, 4) is 0 Å². The number of carbonyl (C=O) groups excluding carboxylic acids is 1. The maximum Gasteiger partial charge on any atom is 0.262 e. The lowest BCUT2D eigenvalue weighted by Gasteiger charge is -2.26. The Morgan fingerprint density at radius 3 is 2.42 bits per heavy atom. The Morgan fingerprint density at radius 2 is 1.73 bits per heavy atom. The lowest BCUT2D eigenvalue weighted by atomic mass is 10.1. The van der Waals surface area contributed by atoms with Crippen molar-refractivity contribution in [2.45, 2.75) is 24.2 Å². The van der Waals surface area contributed by atoms with Crippen LogP contribution in [-0.4, -0.2) is 32.3 Å². The Hall–Kier alpha value is -2.48. The van der Waals surface area contributed by atoms with E-state index in [1.54, 1.807) is 11.0 Å². The highest BCUT2D eigenvalue weighted by Crippen LogP contribution is 2.21. The second-order valence-electron chi connectivity index (χ2n) is 6.11. The largest absolute Gasteiger partial charge is 0.339 e. The van der Waals surface area contributed by atoms with Crippen LogP contribution in [0.3, 0.4) is 0 Å². The van der Waals surface area contributed by atoms with Crippen LogP contribution in [0.15, 0.2) is 47.4 Å². The fourth-order valence-corrected chi connectivity index (χ4v) is 3.96. The second-order valence-corrected chi connectivity index (χ2v) is 7.79. The minimum atomic E-state index is -4.12. The number of halogens is 2. The Morgan fingerprint density at radius 1 is 1.00 bits per heavy atom. The molecule has 0 unspecified atom stereocenters. The number of rotatable bonds is 4. The van der Waals surface area contributed by atoms with E-state index in [1.807, 2.05) is 0 Å². The van der Waals surface area contributed by atoms with Gasteiger partial charge in [0.05, 0.1) is 10.6 Å². The molecule has 2 aromatic carbocycles. The first kappa shape index (κ1) is 18.3. The van der Waals surface area contributed by atoms with Gasteiger partial charge in [-0.15, -0.1) is 0 Å². The van der Waals surface area contributed by atoms with E-state index in [0.717, 1.165) is 31.4 Å². The summed E-state index contributed by atoms with van der Waals surface area (Å²) < 4.78 is 53.7. The second kappa shape index (κ2) is 7.41. The molecule has 1 saturated heterocycles. The number of carbonyl (C=O) groups is 1. The average molecular weight is 380 g/mol. The van der Waals surface area contributed by atoms with Crippen LogP contribution in [0.1, 0.15) is 29.6 Å². The first-order chi connectivity index (χ1) is 12.4. The molecule has 0 spiro atoms. The molecule has 0 radical (unpaired) electrons. The summed E-state index contributed by atoms with van der Waals surface area (Å²) >= 11 is 0. The van der Waals surface area contributed by atoms with Crippen molar-refractivity contribution in [2.24, 2.45) is 0 Å². The van der Waals surface area contributed by atoms with Crippen LogP contribution in [0.2, 0.25) is 0 Å². The van der Waals surface area contributed by atoms with Crippen molar-refractivity contribution in [2.75, 3.05) is 17.8 Å². The van der Waals surface area contributed by atoms with Crippen LogP contribution in [0.4, 0.5) is 14.5 Å². The molecule has 1 aliphatic heterocycles. The fourth-order valence-electron chi connectivity index (χ4n) is 2.85. The van der Waals surface area contributed by atoms with Crippen LogP contribution in [0, 0.1) is 11.6 Å². The quantitative estimate of drug-likeness (QED) is 0.884. The van der Waals surface area contributed by atoms with Crippen molar-refractivity contribution in [3.05, 3.63) is 59.7 Å². The third-order valence-electron chi connectivity index (χ3n) is 4.21. The van der Waals surface area contributed by atoms with Crippen molar-refractivity contribution < 1.29 is 22.0 Å². The topological polar surface area (TPSA) is 66.5 Å². The van der Waals surface area contributed by atoms with Crippen LogP contribution < -0.4 is 4.72 Å². The molecule has 1 N–H and O–H groups in total. The van der Waals surface area contributed by atoms with E-state index in [-0.39, 0.29) is 22.1 Å². The zero-order valence-electron chi connectivity index (χ0n) is 13.9. The van der Waals surface area contributed by atoms with Crippen LogP contribution in [-0.2, 0) is 10.0 Å². The molecule has 3 rings (SSSR count). The smallest absolute Gasteiger partial charge is 0.262 e. The van der Waals surface area contributed by atoms with Gasteiger partial charge in [0.25, 0.3) is 15.9 Å². The Balaban J connectivity index is 1.85. The molecule has 138 valence electrons. The van der Waals surface area contributed by atoms with Gasteiger partial charge in [-0.2, -0.15) is 0 Å². The summed E-state index contributed by atoms with van der Waals surface area (Å²) in [4.78, 5) is 14.1. The van der Waals surface area contributed by atoms with Gasteiger partial charge in [-0.05, 0) is 49.6 Å². The van der Waals surface area contributed by atoms with Crippen LogP contribution in [0.25, 0.3) is 0 Å². The number of hydrogen-bond acceptors (Lipinski definition) is 3. The molecule has 2 aromatic rings. The number of anilines is 1. The molecule has 5 nitrogen and oxygen atoms in total. The normalized spacial score (nSPS) is 14.9. The minimum Gasteiger partial charge on any atom is -0.339 e. The number of hydrogen-bond donors (Lipinski definition) is 1. The van der Waals surface area contributed by atoms with Gasteiger partial charge in [0, 0.05) is 24.7 Å². The number of nitrogens with zero attached hydrogens (tertiary/aromatic N) is 1. The zero-order chi connectivity index (χ0) is 18.7. The van der Waals surface area contributed by atoms with E-state index >= 15 is 0 Å². The summed E-state index contributed by atoms with van der Waals surface area (Å²) in [6.45, 7) is 1.30. The third-order valence-corrected chi connectivity index (χ3v) is 5.57. The molecule has 0 aliphatic carbocycles. The van der Waals surface area contributed by atoms with E-state index in [1.165, 1.54) is 18.2 Å². The van der Waals surface area contributed by atoms with Gasteiger partial charge in [0.1, 0.15) is 11.6 Å². The van der Waals surface area contributed by atoms with Crippen LogP contribution >= 0.6 is 0 Å². The first-order valence-electron chi connectivity index (χ1n) is 8.24.